The molecular weight excluding hydrogens is 436 g/mol. The van der Waals surface area contributed by atoms with E-state index in [2.05, 4.69) is 35.0 Å². The number of amides is 2. The summed E-state index contributed by atoms with van der Waals surface area (Å²) in [5.41, 5.74) is 4.39. The summed E-state index contributed by atoms with van der Waals surface area (Å²) < 4.78 is 1.03. The highest BCUT2D eigenvalue weighted by Gasteiger charge is 2.40. The zero-order valence-electron chi connectivity index (χ0n) is 16.0. The second-order valence-electron chi connectivity index (χ2n) is 7.48. The number of benzene rings is 2. The van der Waals surface area contributed by atoms with Gasteiger partial charge >= 0.3 is 0 Å². The molecule has 0 aliphatic carbocycles. The smallest absolute Gasteiger partial charge is 0.229 e. The number of halogens is 1. The van der Waals surface area contributed by atoms with Gasteiger partial charge in [-0.25, -0.2) is 0 Å². The first-order valence-corrected chi connectivity index (χ1v) is 11.3. The van der Waals surface area contributed by atoms with Crippen molar-refractivity contribution in [2.24, 2.45) is 5.92 Å². The summed E-state index contributed by atoms with van der Waals surface area (Å²) >= 11 is 5.26. The predicted molar refractivity (Wildman–Crippen MR) is 117 cm³/mol. The van der Waals surface area contributed by atoms with Crippen molar-refractivity contribution in [1.29, 1.82) is 0 Å². The maximum atomic E-state index is 13.3. The number of rotatable bonds is 3. The van der Waals surface area contributed by atoms with Crippen LogP contribution in [0, 0.1) is 19.8 Å². The van der Waals surface area contributed by atoms with Crippen molar-refractivity contribution in [3.63, 3.8) is 0 Å². The summed E-state index contributed by atoms with van der Waals surface area (Å²) in [5, 5.41) is 0.0337. The van der Waals surface area contributed by atoms with E-state index < -0.39 is 0 Å². The first kappa shape index (κ1) is 19.5. The molecule has 28 heavy (non-hydrogen) atoms. The molecule has 0 bridgehead atoms. The summed E-state index contributed by atoms with van der Waals surface area (Å²) in [7, 11) is 0. The third kappa shape index (κ3) is 3.72. The molecule has 0 saturated carbocycles. The lowest BCUT2D eigenvalue weighted by Gasteiger charge is -2.27. The van der Waals surface area contributed by atoms with E-state index in [-0.39, 0.29) is 23.1 Å². The van der Waals surface area contributed by atoms with Gasteiger partial charge in [-0.1, -0.05) is 34.1 Å². The third-order valence-electron chi connectivity index (χ3n) is 5.61. The molecule has 4 nitrogen and oxygen atoms in total. The van der Waals surface area contributed by atoms with E-state index in [9.17, 15) is 9.59 Å². The van der Waals surface area contributed by atoms with Crippen LogP contribution in [0.25, 0.3) is 0 Å². The normalized spacial score (nSPS) is 22.2. The lowest BCUT2D eigenvalue weighted by atomic mass is 10.1. The third-order valence-corrected chi connectivity index (χ3v) is 7.39. The summed E-state index contributed by atoms with van der Waals surface area (Å²) in [4.78, 5) is 29.6. The number of thioether (sulfide) groups is 1. The van der Waals surface area contributed by atoms with Crippen molar-refractivity contribution in [2.75, 3.05) is 23.7 Å². The van der Waals surface area contributed by atoms with Crippen LogP contribution in [-0.2, 0) is 9.59 Å². The fraction of sp³-hybridized carbons (Fsp3) is 0.364. The molecule has 2 heterocycles. The molecule has 2 atom stereocenters. The van der Waals surface area contributed by atoms with Gasteiger partial charge in [0.1, 0.15) is 5.37 Å². The maximum Gasteiger partial charge on any atom is 0.229 e. The second kappa shape index (κ2) is 7.91. The van der Waals surface area contributed by atoms with Crippen LogP contribution in [0.1, 0.15) is 28.5 Å². The highest BCUT2D eigenvalue weighted by atomic mass is 79.9. The van der Waals surface area contributed by atoms with Gasteiger partial charge < -0.3 is 9.80 Å². The van der Waals surface area contributed by atoms with Crippen molar-refractivity contribution < 1.29 is 9.59 Å². The van der Waals surface area contributed by atoms with Crippen LogP contribution in [0.3, 0.4) is 0 Å². The van der Waals surface area contributed by atoms with Crippen LogP contribution in [0.15, 0.2) is 46.9 Å². The molecule has 2 aliphatic heterocycles. The Morgan fingerprint density at radius 2 is 1.86 bits per heavy atom. The van der Waals surface area contributed by atoms with Gasteiger partial charge in [-0.3, -0.25) is 9.59 Å². The van der Waals surface area contributed by atoms with E-state index in [4.69, 9.17) is 0 Å². The standard InChI is InChI=1S/C22H23BrN2O2S/c1-14-3-8-19(11-15(14)2)25-13-17(12-20(25)26)21(27)24-9-10-28-22(24)16-4-6-18(23)7-5-16/h3-8,11,17,22H,9-10,12-13H2,1-2H3. The number of hydrogen-bond acceptors (Lipinski definition) is 3. The molecule has 6 heteroatoms. The number of hydrogen-bond donors (Lipinski definition) is 0. The minimum atomic E-state index is -0.272. The van der Waals surface area contributed by atoms with Crippen LogP contribution in [-0.4, -0.2) is 35.6 Å². The van der Waals surface area contributed by atoms with Crippen LogP contribution >= 0.6 is 27.7 Å². The first-order valence-electron chi connectivity index (χ1n) is 9.49. The van der Waals surface area contributed by atoms with Gasteiger partial charge in [-0.2, -0.15) is 0 Å². The number of carbonyl (C=O) groups excluding carboxylic acids is 2. The Morgan fingerprint density at radius 3 is 2.57 bits per heavy atom. The molecule has 0 N–H and O–H groups in total. The molecule has 0 radical (unpaired) electrons. The van der Waals surface area contributed by atoms with E-state index in [0.29, 0.717) is 13.0 Å². The molecule has 0 spiro atoms. The van der Waals surface area contributed by atoms with Gasteiger partial charge in [0.05, 0.1) is 5.92 Å². The molecule has 4 rings (SSSR count). The molecule has 2 amide bonds. The van der Waals surface area contributed by atoms with Gasteiger partial charge in [0.15, 0.2) is 0 Å². The minimum absolute atomic E-state index is 0.0337. The molecule has 0 aromatic heterocycles. The molecule has 2 aliphatic rings. The molecule has 2 saturated heterocycles. The lowest BCUT2D eigenvalue weighted by Crippen LogP contribution is -2.37. The van der Waals surface area contributed by atoms with Gasteiger partial charge in [0, 0.05) is 35.4 Å². The van der Waals surface area contributed by atoms with Crippen molar-refractivity contribution in [3.05, 3.63) is 63.6 Å². The topological polar surface area (TPSA) is 40.6 Å². The molecule has 2 fully saturated rings. The van der Waals surface area contributed by atoms with Crippen LogP contribution in [0.5, 0.6) is 0 Å². The van der Waals surface area contributed by atoms with Crippen LogP contribution < -0.4 is 4.90 Å². The SMILES string of the molecule is Cc1ccc(N2CC(C(=O)N3CCSC3c3ccc(Br)cc3)CC2=O)cc1C. The number of anilines is 1. The molecule has 2 aromatic carbocycles. The fourth-order valence-electron chi connectivity index (χ4n) is 3.85. The van der Waals surface area contributed by atoms with Crippen molar-refractivity contribution in [2.45, 2.75) is 25.6 Å². The van der Waals surface area contributed by atoms with Gasteiger partial charge in [0.25, 0.3) is 0 Å². The van der Waals surface area contributed by atoms with E-state index in [0.717, 1.165) is 33.6 Å². The molecule has 2 unspecified atom stereocenters. The van der Waals surface area contributed by atoms with Crippen LogP contribution in [0.4, 0.5) is 5.69 Å². The molecule has 2 aromatic rings. The lowest BCUT2D eigenvalue weighted by molar-refractivity contribution is -0.136. The van der Waals surface area contributed by atoms with Crippen molar-refractivity contribution in [1.82, 2.24) is 4.90 Å². The molecular formula is C22H23BrN2O2S. The van der Waals surface area contributed by atoms with Crippen LogP contribution in [0.2, 0.25) is 0 Å². The summed E-state index contributed by atoms with van der Waals surface area (Å²) in [6.07, 6.45) is 0.292. The predicted octanol–water partition coefficient (Wildman–Crippen LogP) is 4.69. The Bertz CT molecular complexity index is 915. The highest BCUT2D eigenvalue weighted by molar-refractivity contribution is 9.10. The minimum Gasteiger partial charge on any atom is -0.325 e. The Kier molecular flexibility index (Phi) is 5.52. The number of nitrogens with zero attached hydrogens (tertiary/aromatic N) is 2. The summed E-state index contributed by atoms with van der Waals surface area (Å²) in [6.45, 7) is 5.31. The second-order valence-corrected chi connectivity index (χ2v) is 9.58. The summed E-state index contributed by atoms with van der Waals surface area (Å²) in [5.74, 6) is 0.783. The molecule has 146 valence electrons. The number of carbonyl (C=O) groups is 2. The Balaban J connectivity index is 1.51. The van der Waals surface area contributed by atoms with E-state index in [1.807, 2.05) is 42.2 Å². The zero-order valence-corrected chi connectivity index (χ0v) is 18.4. The zero-order chi connectivity index (χ0) is 19.8. The van der Waals surface area contributed by atoms with Gasteiger partial charge in [-0.15, -0.1) is 11.8 Å². The first-order chi connectivity index (χ1) is 13.4. The van der Waals surface area contributed by atoms with E-state index in [1.165, 1.54) is 5.56 Å². The monoisotopic (exact) mass is 458 g/mol. The number of aryl methyl sites for hydroxylation is 2. The van der Waals surface area contributed by atoms with Gasteiger partial charge in [-0.05, 0) is 54.8 Å². The summed E-state index contributed by atoms with van der Waals surface area (Å²) in [6, 6.07) is 14.2. The fourth-order valence-corrected chi connectivity index (χ4v) is 5.38. The average Bonchev–Trinajstić information content (AvgIpc) is 3.31. The Morgan fingerprint density at radius 1 is 1.11 bits per heavy atom. The van der Waals surface area contributed by atoms with E-state index >= 15 is 0 Å². The Labute approximate surface area is 178 Å². The highest BCUT2D eigenvalue weighted by Crippen LogP contribution is 2.40. The van der Waals surface area contributed by atoms with E-state index in [1.54, 1.807) is 16.7 Å². The van der Waals surface area contributed by atoms with Crippen molar-refractivity contribution >= 4 is 45.2 Å². The Hall–Kier alpha value is -1.79. The maximum absolute atomic E-state index is 13.3. The van der Waals surface area contributed by atoms with Gasteiger partial charge in [0.2, 0.25) is 11.8 Å². The quantitative estimate of drug-likeness (QED) is 0.669. The van der Waals surface area contributed by atoms with Crippen molar-refractivity contribution in [3.8, 4) is 0 Å². The largest absolute Gasteiger partial charge is 0.325 e. The average molecular weight is 459 g/mol.